The minimum Gasteiger partial charge on any atom is -0.477 e. The fourth-order valence-corrected chi connectivity index (χ4v) is 2.29. The maximum absolute atomic E-state index is 10.9. The monoisotopic (exact) mass is 243 g/mol. The summed E-state index contributed by atoms with van der Waals surface area (Å²) in [5.74, 6) is -0.930. The van der Waals surface area contributed by atoms with Crippen molar-refractivity contribution in [2.75, 3.05) is 0 Å². The maximum atomic E-state index is 10.9. The number of aromatic nitrogens is 1. The van der Waals surface area contributed by atoms with E-state index in [0.29, 0.717) is 0 Å². The molecule has 0 spiro atoms. The molecule has 0 fully saturated rings. The summed E-state index contributed by atoms with van der Waals surface area (Å²) in [5, 5.41) is 8.96. The molecule has 0 saturated carbocycles. The van der Waals surface area contributed by atoms with E-state index in [4.69, 9.17) is 5.11 Å². The molecule has 2 aromatic rings. The van der Waals surface area contributed by atoms with Crippen molar-refractivity contribution in [3.05, 3.63) is 46.1 Å². The predicted octanol–water partition coefficient (Wildman–Crippen LogP) is 3.61. The number of aromatic amines is 1. The first-order chi connectivity index (χ1) is 8.41. The van der Waals surface area contributed by atoms with Crippen LogP contribution < -0.4 is 0 Å². The van der Waals surface area contributed by atoms with Crippen LogP contribution in [0, 0.1) is 27.7 Å². The lowest BCUT2D eigenvalue weighted by molar-refractivity contribution is 0.0691. The van der Waals surface area contributed by atoms with E-state index in [9.17, 15) is 4.79 Å². The number of benzene rings is 1. The Morgan fingerprint density at radius 2 is 1.61 bits per heavy atom. The summed E-state index contributed by atoms with van der Waals surface area (Å²) in [4.78, 5) is 13.9. The normalized spacial score (nSPS) is 10.7. The van der Waals surface area contributed by atoms with Gasteiger partial charge in [-0.3, -0.25) is 0 Å². The van der Waals surface area contributed by atoms with Crippen LogP contribution in [0.1, 0.15) is 32.7 Å². The lowest BCUT2D eigenvalue weighted by Crippen LogP contribution is -1.98. The Balaban J connectivity index is 2.66. The highest BCUT2D eigenvalue weighted by molar-refractivity contribution is 5.87. The molecule has 3 heteroatoms. The Morgan fingerprint density at radius 3 is 2.06 bits per heavy atom. The van der Waals surface area contributed by atoms with Crippen molar-refractivity contribution in [3.63, 3.8) is 0 Å². The third kappa shape index (κ3) is 1.92. The second-order valence-corrected chi connectivity index (χ2v) is 4.73. The van der Waals surface area contributed by atoms with Gasteiger partial charge in [0, 0.05) is 11.3 Å². The van der Waals surface area contributed by atoms with Crippen molar-refractivity contribution < 1.29 is 9.90 Å². The molecule has 0 radical (unpaired) electrons. The van der Waals surface area contributed by atoms with E-state index >= 15 is 0 Å². The molecule has 2 rings (SSSR count). The van der Waals surface area contributed by atoms with Gasteiger partial charge in [-0.25, -0.2) is 4.79 Å². The number of carbonyl (C=O) groups is 1. The van der Waals surface area contributed by atoms with Gasteiger partial charge in [-0.2, -0.15) is 0 Å². The number of aryl methyl sites for hydroxylation is 2. The molecule has 2 N–H and O–H groups in total. The molecule has 0 bridgehead atoms. The topological polar surface area (TPSA) is 53.1 Å². The molecule has 94 valence electrons. The summed E-state index contributed by atoms with van der Waals surface area (Å²) in [6.07, 6.45) is 0. The zero-order valence-electron chi connectivity index (χ0n) is 11.1. The predicted molar refractivity (Wildman–Crippen MR) is 72.1 cm³/mol. The average Bonchev–Trinajstić information content (AvgIpc) is 2.76. The van der Waals surface area contributed by atoms with Crippen molar-refractivity contribution in [2.45, 2.75) is 27.7 Å². The molecule has 0 saturated heterocycles. The Hall–Kier alpha value is -2.03. The number of nitrogens with one attached hydrogen (secondary N) is 1. The number of hydrogen-bond acceptors (Lipinski definition) is 1. The third-order valence-electron chi connectivity index (χ3n) is 3.55. The number of carboxylic acids is 1. The van der Waals surface area contributed by atoms with E-state index in [0.717, 1.165) is 11.3 Å². The van der Waals surface area contributed by atoms with Gasteiger partial charge >= 0.3 is 5.97 Å². The smallest absolute Gasteiger partial charge is 0.352 e. The third-order valence-corrected chi connectivity index (χ3v) is 3.55. The van der Waals surface area contributed by atoms with Crippen LogP contribution in [0.4, 0.5) is 0 Å². The molecule has 18 heavy (non-hydrogen) atoms. The molecule has 0 aliphatic heterocycles. The van der Waals surface area contributed by atoms with E-state index in [1.165, 1.54) is 22.3 Å². The van der Waals surface area contributed by atoms with Gasteiger partial charge < -0.3 is 10.1 Å². The van der Waals surface area contributed by atoms with Gasteiger partial charge in [0.25, 0.3) is 0 Å². The first-order valence-corrected chi connectivity index (χ1v) is 5.92. The van der Waals surface area contributed by atoms with Crippen LogP contribution in [0.25, 0.3) is 11.3 Å². The van der Waals surface area contributed by atoms with E-state index in [-0.39, 0.29) is 5.69 Å². The number of rotatable bonds is 2. The first-order valence-electron chi connectivity index (χ1n) is 5.92. The van der Waals surface area contributed by atoms with Crippen molar-refractivity contribution >= 4 is 5.97 Å². The molecule has 3 nitrogen and oxygen atoms in total. The summed E-state index contributed by atoms with van der Waals surface area (Å²) in [6.45, 7) is 8.29. The Morgan fingerprint density at radius 1 is 1.06 bits per heavy atom. The van der Waals surface area contributed by atoms with Gasteiger partial charge in [-0.15, -0.1) is 0 Å². The summed E-state index contributed by atoms with van der Waals surface area (Å²) in [5.41, 5.74) is 7.03. The summed E-state index contributed by atoms with van der Waals surface area (Å²) >= 11 is 0. The minimum atomic E-state index is -0.930. The molecule has 0 aliphatic rings. The Labute approximate surface area is 106 Å². The van der Waals surface area contributed by atoms with Crippen molar-refractivity contribution in [3.8, 4) is 11.3 Å². The fraction of sp³-hybridized carbons (Fsp3) is 0.267. The molecule has 1 aromatic heterocycles. The SMILES string of the molecule is Cc1cc(C)c(C)c(-c2ccc(C(=O)O)[nH]2)c1C. The molecule has 1 heterocycles. The zero-order chi connectivity index (χ0) is 13.4. The summed E-state index contributed by atoms with van der Waals surface area (Å²) < 4.78 is 0. The van der Waals surface area contributed by atoms with Crippen molar-refractivity contribution in [1.29, 1.82) is 0 Å². The van der Waals surface area contributed by atoms with E-state index in [2.05, 4.69) is 38.7 Å². The second-order valence-electron chi connectivity index (χ2n) is 4.73. The number of hydrogen-bond donors (Lipinski definition) is 2. The fourth-order valence-electron chi connectivity index (χ4n) is 2.29. The van der Waals surface area contributed by atoms with E-state index < -0.39 is 5.97 Å². The second kappa shape index (κ2) is 4.33. The van der Waals surface area contributed by atoms with Gasteiger partial charge in [0.05, 0.1) is 0 Å². The van der Waals surface area contributed by atoms with Gasteiger partial charge in [0.15, 0.2) is 0 Å². The molecule has 0 atom stereocenters. The van der Waals surface area contributed by atoms with E-state index in [1.54, 1.807) is 6.07 Å². The average molecular weight is 243 g/mol. The standard InChI is InChI=1S/C15H17NO2/c1-8-7-9(2)11(4)14(10(8)3)12-5-6-13(16-12)15(17)18/h5-7,16H,1-4H3,(H,17,18). The molecule has 0 amide bonds. The van der Waals surface area contributed by atoms with Crippen LogP contribution >= 0.6 is 0 Å². The minimum absolute atomic E-state index is 0.225. The molecule has 0 unspecified atom stereocenters. The van der Waals surface area contributed by atoms with Gasteiger partial charge in [0.2, 0.25) is 0 Å². The van der Waals surface area contributed by atoms with Crippen molar-refractivity contribution in [2.24, 2.45) is 0 Å². The van der Waals surface area contributed by atoms with Crippen LogP contribution in [0.2, 0.25) is 0 Å². The maximum Gasteiger partial charge on any atom is 0.352 e. The highest BCUT2D eigenvalue weighted by Gasteiger charge is 2.13. The molecular formula is C15H17NO2. The molecular weight excluding hydrogens is 226 g/mol. The van der Waals surface area contributed by atoms with Gasteiger partial charge in [0.1, 0.15) is 5.69 Å². The molecule has 1 aromatic carbocycles. The first kappa shape index (κ1) is 12.4. The number of carboxylic acid groups (broad SMARTS) is 1. The number of H-pyrrole nitrogens is 1. The molecule has 0 aliphatic carbocycles. The Bertz CT molecular complexity index is 597. The summed E-state index contributed by atoms with van der Waals surface area (Å²) in [6, 6.07) is 5.60. The largest absolute Gasteiger partial charge is 0.477 e. The zero-order valence-corrected chi connectivity index (χ0v) is 11.1. The highest BCUT2D eigenvalue weighted by atomic mass is 16.4. The quantitative estimate of drug-likeness (QED) is 0.846. The van der Waals surface area contributed by atoms with Crippen LogP contribution in [-0.2, 0) is 0 Å². The lowest BCUT2D eigenvalue weighted by atomic mass is 9.92. The number of aromatic carboxylic acids is 1. The highest BCUT2D eigenvalue weighted by Crippen LogP contribution is 2.30. The summed E-state index contributed by atoms with van der Waals surface area (Å²) in [7, 11) is 0. The van der Waals surface area contributed by atoms with Crippen LogP contribution in [0.3, 0.4) is 0 Å². The van der Waals surface area contributed by atoms with Gasteiger partial charge in [-0.1, -0.05) is 6.07 Å². The Kier molecular flexibility index (Phi) is 2.99. The van der Waals surface area contributed by atoms with Crippen LogP contribution in [0.15, 0.2) is 18.2 Å². The van der Waals surface area contributed by atoms with Crippen LogP contribution in [-0.4, -0.2) is 16.1 Å². The van der Waals surface area contributed by atoms with Crippen LogP contribution in [0.5, 0.6) is 0 Å². The van der Waals surface area contributed by atoms with E-state index in [1.807, 2.05) is 6.07 Å². The lowest BCUT2D eigenvalue weighted by Gasteiger charge is -2.14. The van der Waals surface area contributed by atoms with Gasteiger partial charge in [-0.05, 0) is 62.1 Å². The van der Waals surface area contributed by atoms with Crippen molar-refractivity contribution in [1.82, 2.24) is 4.98 Å².